The molecule has 21 heavy (non-hydrogen) atoms. The van der Waals surface area contributed by atoms with E-state index >= 15 is 0 Å². The summed E-state index contributed by atoms with van der Waals surface area (Å²) in [6, 6.07) is 0.673. The van der Waals surface area contributed by atoms with Crippen LogP contribution in [-0.4, -0.2) is 37.2 Å². The molecule has 0 aromatic heterocycles. The highest BCUT2D eigenvalue weighted by Crippen LogP contribution is 2.51. The quantitative estimate of drug-likeness (QED) is 0.810. The Morgan fingerprint density at radius 3 is 1.76 bits per heavy atom. The van der Waals surface area contributed by atoms with Crippen LogP contribution in [-0.2, 0) is 15.4 Å². The highest BCUT2D eigenvalue weighted by molar-refractivity contribution is 7.90. The van der Waals surface area contributed by atoms with E-state index in [2.05, 4.69) is 0 Å². The number of hydrogen-bond donors (Lipinski definition) is 2. The second-order valence-electron chi connectivity index (χ2n) is 4.16. The van der Waals surface area contributed by atoms with Gasteiger partial charge in [0.25, 0.3) is 5.60 Å². The molecule has 0 saturated heterocycles. The fourth-order valence-corrected chi connectivity index (χ4v) is 2.53. The van der Waals surface area contributed by atoms with Gasteiger partial charge in [-0.3, -0.25) is 0 Å². The Labute approximate surface area is 114 Å². The number of benzene rings is 1. The highest BCUT2D eigenvalue weighted by Gasteiger charge is 2.72. The topological polar surface area (TPSA) is 74.6 Å². The lowest BCUT2D eigenvalue weighted by Gasteiger charge is -2.33. The third-order valence-corrected chi connectivity index (χ3v) is 3.71. The maximum absolute atomic E-state index is 12.7. The molecule has 0 bridgehead atoms. The van der Waals surface area contributed by atoms with Crippen LogP contribution in [0.4, 0.5) is 26.3 Å². The molecule has 0 aliphatic carbocycles. The molecule has 1 aromatic rings. The van der Waals surface area contributed by atoms with E-state index in [4.69, 9.17) is 5.11 Å². The summed E-state index contributed by atoms with van der Waals surface area (Å²) in [5, 5.41) is 18.3. The minimum Gasteiger partial charge on any atom is -0.508 e. The van der Waals surface area contributed by atoms with Crippen molar-refractivity contribution >= 4 is 9.84 Å². The summed E-state index contributed by atoms with van der Waals surface area (Å²) in [7, 11) is -4.58. The molecule has 0 saturated carbocycles. The molecule has 4 nitrogen and oxygen atoms in total. The molecule has 0 spiro atoms. The van der Waals surface area contributed by atoms with Gasteiger partial charge < -0.3 is 10.2 Å². The van der Waals surface area contributed by atoms with Gasteiger partial charge in [0.05, 0.1) is 4.90 Å². The highest BCUT2D eigenvalue weighted by atomic mass is 32.2. The van der Waals surface area contributed by atoms with E-state index in [1.54, 1.807) is 0 Å². The molecule has 1 aromatic carbocycles. The number of phenols is 1. The first-order chi connectivity index (χ1) is 9.12. The predicted octanol–water partition coefficient (Wildman–Crippen LogP) is 2.11. The number of halogens is 6. The molecular weight excluding hydrogens is 330 g/mol. The molecule has 0 radical (unpaired) electrons. The third-order valence-electron chi connectivity index (χ3n) is 2.57. The fourth-order valence-electron chi connectivity index (χ4n) is 1.58. The second-order valence-corrected chi connectivity index (χ2v) is 6.14. The van der Waals surface area contributed by atoms with Crippen molar-refractivity contribution in [1.82, 2.24) is 0 Å². The normalized spacial score (nSPS) is 14.3. The van der Waals surface area contributed by atoms with Gasteiger partial charge in [-0.15, -0.1) is 0 Å². The second kappa shape index (κ2) is 4.77. The Kier molecular flexibility index (Phi) is 3.98. The van der Waals surface area contributed by atoms with E-state index in [0.717, 1.165) is 0 Å². The monoisotopic (exact) mass is 338 g/mol. The standard InChI is InChI=1S/C10H8F6O4S/c1-21(19,20)7-4-5(17)2-3-6(7)8(18,9(11,12)13)10(14,15)16/h2-4,17-18H,1H3. The maximum atomic E-state index is 12.7. The van der Waals surface area contributed by atoms with Crippen LogP contribution in [0.2, 0.25) is 0 Å². The summed E-state index contributed by atoms with van der Waals surface area (Å²) in [6.45, 7) is 0. The number of aromatic hydroxyl groups is 1. The van der Waals surface area contributed by atoms with Crippen molar-refractivity contribution in [3.05, 3.63) is 23.8 Å². The van der Waals surface area contributed by atoms with Crippen molar-refractivity contribution in [2.24, 2.45) is 0 Å². The minimum absolute atomic E-state index is 0.0622. The number of alkyl halides is 6. The summed E-state index contributed by atoms with van der Waals surface area (Å²) in [4.78, 5) is -1.47. The maximum Gasteiger partial charge on any atom is 0.430 e. The van der Waals surface area contributed by atoms with Crippen LogP contribution < -0.4 is 0 Å². The average molecular weight is 338 g/mol. The smallest absolute Gasteiger partial charge is 0.430 e. The van der Waals surface area contributed by atoms with Gasteiger partial charge in [-0.25, -0.2) is 8.42 Å². The first kappa shape index (κ1) is 17.6. The Hall–Kier alpha value is -1.49. The summed E-state index contributed by atoms with van der Waals surface area (Å²) >= 11 is 0. The van der Waals surface area contributed by atoms with Crippen LogP contribution in [0.15, 0.2) is 23.1 Å². The molecule has 2 N–H and O–H groups in total. The van der Waals surface area contributed by atoms with Gasteiger partial charge in [-0.1, -0.05) is 6.07 Å². The summed E-state index contributed by atoms with van der Waals surface area (Å²) in [6.07, 6.45) is -12.1. The van der Waals surface area contributed by atoms with Gasteiger partial charge in [0, 0.05) is 11.8 Å². The van der Waals surface area contributed by atoms with Crippen LogP contribution in [0, 0.1) is 0 Å². The summed E-state index contributed by atoms with van der Waals surface area (Å²) in [5.41, 5.74) is -7.31. The van der Waals surface area contributed by atoms with Crippen molar-refractivity contribution in [3.8, 4) is 5.75 Å². The van der Waals surface area contributed by atoms with Gasteiger partial charge in [-0.2, -0.15) is 26.3 Å². The molecule has 120 valence electrons. The van der Waals surface area contributed by atoms with Crippen molar-refractivity contribution in [3.63, 3.8) is 0 Å². The van der Waals surface area contributed by atoms with Crippen molar-refractivity contribution in [1.29, 1.82) is 0 Å². The van der Waals surface area contributed by atoms with E-state index in [0.29, 0.717) is 12.3 Å². The average Bonchev–Trinajstić information content (AvgIpc) is 2.23. The molecule has 11 heteroatoms. The van der Waals surface area contributed by atoms with E-state index in [-0.39, 0.29) is 12.1 Å². The molecule has 0 unspecified atom stereocenters. The third kappa shape index (κ3) is 2.93. The van der Waals surface area contributed by atoms with Crippen LogP contribution in [0.5, 0.6) is 5.75 Å². The zero-order chi connectivity index (χ0) is 16.9. The van der Waals surface area contributed by atoms with Crippen LogP contribution in [0.25, 0.3) is 0 Å². The van der Waals surface area contributed by atoms with Gasteiger partial charge in [0.2, 0.25) is 0 Å². The Balaban J connectivity index is 3.87. The Morgan fingerprint density at radius 2 is 1.43 bits per heavy atom. The van der Waals surface area contributed by atoms with E-state index in [9.17, 15) is 39.9 Å². The van der Waals surface area contributed by atoms with Crippen molar-refractivity contribution < 1.29 is 45.0 Å². The molecular formula is C10H8F6O4S. The van der Waals surface area contributed by atoms with Crippen LogP contribution in [0.3, 0.4) is 0 Å². The molecule has 0 aliphatic heterocycles. The number of sulfone groups is 1. The van der Waals surface area contributed by atoms with E-state index in [1.165, 1.54) is 0 Å². The van der Waals surface area contributed by atoms with Gasteiger partial charge in [-0.05, 0) is 12.1 Å². The number of aliphatic hydroxyl groups is 1. The molecule has 0 aliphatic rings. The number of hydrogen-bond acceptors (Lipinski definition) is 4. The van der Waals surface area contributed by atoms with Gasteiger partial charge >= 0.3 is 12.4 Å². The lowest BCUT2D eigenvalue weighted by Crippen LogP contribution is -2.54. The Morgan fingerprint density at radius 1 is 1.00 bits per heavy atom. The molecule has 1 rings (SSSR count). The van der Waals surface area contributed by atoms with E-state index in [1.807, 2.05) is 0 Å². The molecule has 0 atom stereocenters. The lowest BCUT2D eigenvalue weighted by atomic mass is 9.92. The zero-order valence-corrected chi connectivity index (χ0v) is 10.9. The fraction of sp³-hybridized carbons (Fsp3) is 0.400. The van der Waals surface area contributed by atoms with Crippen LogP contribution in [0.1, 0.15) is 5.56 Å². The molecule has 0 amide bonds. The van der Waals surface area contributed by atoms with Gasteiger partial charge in [0.1, 0.15) is 5.75 Å². The lowest BCUT2D eigenvalue weighted by molar-refractivity contribution is -0.377. The SMILES string of the molecule is CS(=O)(=O)c1cc(O)ccc1C(O)(C(F)(F)F)C(F)(F)F. The van der Waals surface area contributed by atoms with E-state index < -0.39 is 44.0 Å². The first-order valence-electron chi connectivity index (χ1n) is 5.01. The minimum atomic E-state index is -6.22. The van der Waals surface area contributed by atoms with Crippen molar-refractivity contribution in [2.45, 2.75) is 22.8 Å². The van der Waals surface area contributed by atoms with Gasteiger partial charge in [0.15, 0.2) is 9.84 Å². The predicted molar refractivity (Wildman–Crippen MR) is 57.2 cm³/mol. The van der Waals surface area contributed by atoms with Crippen LogP contribution >= 0.6 is 0 Å². The number of rotatable bonds is 2. The largest absolute Gasteiger partial charge is 0.508 e. The molecule has 0 fully saturated rings. The van der Waals surface area contributed by atoms with Crippen molar-refractivity contribution in [2.75, 3.05) is 6.26 Å². The summed E-state index contributed by atoms with van der Waals surface area (Å²) < 4.78 is 99.1. The number of phenolic OH excluding ortho intramolecular Hbond substituents is 1. The summed E-state index contributed by atoms with van der Waals surface area (Å²) in [5.74, 6) is -0.870. The zero-order valence-electron chi connectivity index (χ0n) is 10.1. The Bertz CT molecular complexity index is 632. The first-order valence-corrected chi connectivity index (χ1v) is 6.91. The molecule has 0 heterocycles.